The van der Waals surface area contributed by atoms with Crippen LogP contribution in [0.25, 0.3) is 11.3 Å². The minimum Gasteiger partial charge on any atom is -0.406 e. The van der Waals surface area contributed by atoms with Gasteiger partial charge in [0.2, 0.25) is 5.95 Å². The fourth-order valence-corrected chi connectivity index (χ4v) is 3.29. The summed E-state index contributed by atoms with van der Waals surface area (Å²) in [5.74, 6) is 0.475. The highest BCUT2D eigenvalue weighted by atomic mass is 35.5. The maximum Gasteiger partial charge on any atom is 0.573 e. The topological polar surface area (TPSA) is 59.1 Å². The van der Waals surface area contributed by atoms with E-state index in [4.69, 9.17) is 23.2 Å². The van der Waals surface area contributed by atoms with Crippen LogP contribution >= 0.6 is 23.2 Å². The van der Waals surface area contributed by atoms with Crippen LogP contribution in [0.15, 0.2) is 48.5 Å². The van der Waals surface area contributed by atoms with Crippen molar-refractivity contribution >= 4 is 40.7 Å². The number of alkyl halides is 3. The van der Waals surface area contributed by atoms with Crippen LogP contribution in [0.1, 0.15) is 12.8 Å². The van der Waals surface area contributed by atoms with Gasteiger partial charge >= 0.3 is 6.36 Å². The second-order valence-corrected chi connectivity index (χ2v) is 7.61. The highest BCUT2D eigenvalue weighted by Gasteiger charge is 2.31. The summed E-state index contributed by atoms with van der Waals surface area (Å²) >= 11 is 12.1. The molecule has 5 nitrogen and oxygen atoms in total. The summed E-state index contributed by atoms with van der Waals surface area (Å²) < 4.78 is 41.7. The van der Waals surface area contributed by atoms with E-state index in [0.29, 0.717) is 38.8 Å². The van der Waals surface area contributed by atoms with Crippen LogP contribution < -0.4 is 15.4 Å². The van der Waals surface area contributed by atoms with Crippen molar-refractivity contribution in [2.24, 2.45) is 0 Å². The van der Waals surface area contributed by atoms with E-state index in [-0.39, 0.29) is 11.8 Å². The molecule has 0 bridgehead atoms. The van der Waals surface area contributed by atoms with Crippen LogP contribution in [0.2, 0.25) is 10.0 Å². The molecule has 0 unspecified atom stereocenters. The number of rotatable bonds is 6. The third-order valence-electron chi connectivity index (χ3n) is 4.14. The van der Waals surface area contributed by atoms with E-state index in [9.17, 15) is 13.2 Å². The van der Waals surface area contributed by atoms with Gasteiger partial charge < -0.3 is 15.4 Å². The van der Waals surface area contributed by atoms with Gasteiger partial charge in [0.15, 0.2) is 0 Å². The van der Waals surface area contributed by atoms with Gasteiger partial charge in [-0.15, -0.1) is 13.2 Å². The number of nitrogens with one attached hydrogen (secondary N) is 2. The van der Waals surface area contributed by atoms with Crippen molar-refractivity contribution in [2.75, 3.05) is 10.6 Å². The Kier molecular flexibility index (Phi) is 5.62. The average Bonchev–Trinajstić information content (AvgIpc) is 3.43. The Hall–Kier alpha value is -2.71. The molecule has 156 valence electrons. The fourth-order valence-electron chi connectivity index (χ4n) is 2.76. The summed E-state index contributed by atoms with van der Waals surface area (Å²) in [5.41, 5.74) is 1.49. The van der Waals surface area contributed by atoms with Crippen LogP contribution in [-0.4, -0.2) is 22.4 Å². The van der Waals surface area contributed by atoms with Gasteiger partial charge in [-0.05, 0) is 43.2 Å². The van der Waals surface area contributed by atoms with E-state index >= 15 is 0 Å². The molecule has 0 atom stereocenters. The average molecular weight is 455 g/mol. The summed E-state index contributed by atoms with van der Waals surface area (Å²) in [4.78, 5) is 8.89. The summed E-state index contributed by atoms with van der Waals surface area (Å²) in [6, 6.07) is 12.5. The lowest BCUT2D eigenvalue weighted by atomic mass is 10.1. The molecule has 2 N–H and O–H groups in total. The summed E-state index contributed by atoms with van der Waals surface area (Å²) in [7, 11) is 0. The smallest absolute Gasteiger partial charge is 0.406 e. The molecule has 30 heavy (non-hydrogen) atoms. The summed E-state index contributed by atoms with van der Waals surface area (Å²) in [6.07, 6.45) is -2.76. The maximum atomic E-state index is 12.6. The van der Waals surface area contributed by atoms with Crippen molar-refractivity contribution in [1.82, 2.24) is 9.97 Å². The highest BCUT2D eigenvalue weighted by molar-refractivity contribution is 6.35. The molecular weight excluding hydrogens is 440 g/mol. The molecule has 0 amide bonds. The number of anilines is 3. The Morgan fingerprint density at radius 1 is 0.967 bits per heavy atom. The zero-order valence-corrected chi connectivity index (χ0v) is 16.8. The second-order valence-electron chi connectivity index (χ2n) is 6.74. The number of hydrogen-bond donors (Lipinski definition) is 2. The first-order valence-corrected chi connectivity index (χ1v) is 9.74. The number of aromatic nitrogens is 2. The molecule has 1 fully saturated rings. The van der Waals surface area contributed by atoms with E-state index < -0.39 is 6.36 Å². The zero-order valence-electron chi connectivity index (χ0n) is 15.3. The fraction of sp³-hybridized carbons (Fsp3) is 0.200. The van der Waals surface area contributed by atoms with Crippen LogP contribution in [0.3, 0.4) is 0 Å². The van der Waals surface area contributed by atoms with Gasteiger partial charge in [-0.1, -0.05) is 35.3 Å². The van der Waals surface area contributed by atoms with Crippen molar-refractivity contribution in [3.05, 3.63) is 58.6 Å². The molecule has 0 spiro atoms. The first-order chi connectivity index (χ1) is 14.2. The maximum absolute atomic E-state index is 12.6. The van der Waals surface area contributed by atoms with Gasteiger partial charge in [-0.2, -0.15) is 4.98 Å². The first-order valence-electron chi connectivity index (χ1n) is 8.98. The third kappa shape index (κ3) is 5.67. The normalized spacial score (nSPS) is 13.8. The molecule has 1 aliphatic rings. The number of hydrogen-bond acceptors (Lipinski definition) is 5. The number of halogens is 5. The van der Waals surface area contributed by atoms with Crippen molar-refractivity contribution in [1.29, 1.82) is 0 Å². The van der Waals surface area contributed by atoms with E-state index in [1.54, 1.807) is 30.3 Å². The molecule has 2 aromatic carbocycles. The molecule has 4 rings (SSSR count). The third-order valence-corrected chi connectivity index (χ3v) is 4.57. The predicted octanol–water partition coefficient (Wildman–Crippen LogP) is 6.67. The lowest BCUT2D eigenvalue weighted by Gasteiger charge is -2.13. The Balaban J connectivity index is 1.68. The van der Waals surface area contributed by atoms with Gasteiger partial charge in [-0.25, -0.2) is 4.98 Å². The van der Waals surface area contributed by atoms with E-state index in [1.165, 1.54) is 18.2 Å². The van der Waals surface area contributed by atoms with Crippen molar-refractivity contribution in [2.45, 2.75) is 25.2 Å². The lowest BCUT2D eigenvalue weighted by molar-refractivity contribution is -0.274. The molecule has 1 heterocycles. The Bertz CT molecular complexity index is 1050. The molecule has 0 aliphatic heterocycles. The van der Waals surface area contributed by atoms with Gasteiger partial charge in [0.05, 0.1) is 5.69 Å². The summed E-state index contributed by atoms with van der Waals surface area (Å²) in [5, 5.41) is 7.22. The number of ether oxygens (including phenoxy) is 1. The molecule has 10 heteroatoms. The van der Waals surface area contributed by atoms with E-state index in [2.05, 4.69) is 25.3 Å². The minimum atomic E-state index is -4.78. The van der Waals surface area contributed by atoms with Gasteiger partial charge in [-0.3, -0.25) is 0 Å². The largest absolute Gasteiger partial charge is 0.573 e. The molecule has 1 aliphatic carbocycles. The lowest BCUT2D eigenvalue weighted by Crippen LogP contribution is -2.17. The molecule has 0 radical (unpaired) electrons. The Morgan fingerprint density at radius 3 is 2.37 bits per heavy atom. The standard InChI is InChI=1S/C20H15Cl2F3N4O/c21-12-7-13(22)9-15(8-12)26-18-10-17(28-19(29-18)27-14-4-5-14)11-2-1-3-16(6-11)30-20(23,24)25/h1-3,6-10,14H,4-5H2,(H2,26,27,28,29). The first kappa shape index (κ1) is 20.6. The monoisotopic (exact) mass is 454 g/mol. The minimum absolute atomic E-state index is 0.286. The number of nitrogens with zero attached hydrogens (tertiary/aromatic N) is 2. The van der Waals surface area contributed by atoms with Crippen LogP contribution in [-0.2, 0) is 0 Å². The van der Waals surface area contributed by atoms with Crippen molar-refractivity contribution in [3.8, 4) is 17.0 Å². The quantitative estimate of drug-likeness (QED) is 0.435. The van der Waals surface area contributed by atoms with Gasteiger partial charge in [0, 0.05) is 33.4 Å². The SMILES string of the molecule is FC(F)(F)Oc1cccc(-c2cc(Nc3cc(Cl)cc(Cl)c3)nc(NC3CC3)n2)c1. The Morgan fingerprint density at radius 2 is 1.70 bits per heavy atom. The van der Waals surface area contributed by atoms with Crippen LogP contribution in [0, 0.1) is 0 Å². The van der Waals surface area contributed by atoms with Crippen molar-refractivity contribution < 1.29 is 17.9 Å². The van der Waals surface area contributed by atoms with Crippen molar-refractivity contribution in [3.63, 3.8) is 0 Å². The molecule has 1 aromatic heterocycles. The van der Waals surface area contributed by atoms with Gasteiger partial charge in [0.25, 0.3) is 0 Å². The van der Waals surface area contributed by atoms with Gasteiger partial charge in [0.1, 0.15) is 11.6 Å². The van der Waals surface area contributed by atoms with Crippen LogP contribution in [0.5, 0.6) is 5.75 Å². The molecule has 0 saturated heterocycles. The highest BCUT2D eigenvalue weighted by Crippen LogP contribution is 2.31. The van der Waals surface area contributed by atoms with E-state index in [1.807, 2.05) is 0 Å². The number of benzene rings is 2. The molecular formula is C20H15Cl2F3N4O. The van der Waals surface area contributed by atoms with E-state index in [0.717, 1.165) is 12.8 Å². The van der Waals surface area contributed by atoms with Crippen LogP contribution in [0.4, 0.5) is 30.6 Å². The summed E-state index contributed by atoms with van der Waals surface area (Å²) in [6.45, 7) is 0. The molecule has 1 saturated carbocycles. The zero-order chi connectivity index (χ0) is 21.3. The predicted molar refractivity (Wildman–Crippen MR) is 111 cm³/mol. The Labute approximate surface area is 180 Å². The second kappa shape index (κ2) is 8.20. The molecule has 3 aromatic rings.